The second-order valence-electron chi connectivity index (χ2n) is 3.57. The average molecular weight is 252 g/mol. The van der Waals surface area contributed by atoms with Crippen LogP contribution in [0.2, 0.25) is 6.04 Å². The smallest absolute Gasteiger partial charge is 0.377 e. The summed E-state index contributed by atoms with van der Waals surface area (Å²) >= 11 is 0. The van der Waals surface area contributed by atoms with Crippen molar-refractivity contribution in [1.82, 2.24) is 0 Å². The summed E-state index contributed by atoms with van der Waals surface area (Å²) in [6.07, 6.45) is 4.00. The van der Waals surface area contributed by atoms with Crippen LogP contribution in [0.5, 0.6) is 0 Å². The summed E-state index contributed by atoms with van der Waals surface area (Å²) in [7, 11) is 0.871. The molecule has 0 heterocycles. The Morgan fingerprint density at radius 3 is 2.29 bits per heavy atom. The molecule has 1 rings (SSSR count). The molecule has 94 valence electrons. The molecule has 0 aliphatic rings. The van der Waals surface area contributed by atoms with E-state index in [2.05, 4.69) is 0 Å². The fourth-order valence-electron chi connectivity index (χ4n) is 1.52. The normalized spacial score (nSPS) is 12.2. The van der Waals surface area contributed by atoms with E-state index in [4.69, 9.17) is 13.3 Å². The molecule has 0 aromatic heterocycles. The monoisotopic (exact) mass is 252 g/mol. The van der Waals surface area contributed by atoms with Gasteiger partial charge in [-0.15, -0.1) is 0 Å². The van der Waals surface area contributed by atoms with E-state index in [1.807, 2.05) is 49.4 Å². The lowest BCUT2D eigenvalue weighted by atomic mass is 10.2. The molecule has 0 aliphatic carbocycles. The lowest BCUT2D eigenvalue weighted by molar-refractivity contribution is 0.111. The lowest BCUT2D eigenvalue weighted by Crippen LogP contribution is -2.43. The van der Waals surface area contributed by atoms with Crippen molar-refractivity contribution >= 4 is 14.9 Å². The van der Waals surface area contributed by atoms with Crippen LogP contribution in [0.3, 0.4) is 0 Å². The van der Waals surface area contributed by atoms with Crippen molar-refractivity contribution in [2.24, 2.45) is 0 Å². The van der Waals surface area contributed by atoms with E-state index in [1.165, 1.54) is 0 Å². The Bertz CT molecular complexity index is 326. The maximum absolute atomic E-state index is 5.71. The SMILES string of the molecule is CC[Si](OC)(OC)OC/C=C/c1ccccc1. The molecule has 0 atom stereocenters. The molecule has 1 aromatic rings. The van der Waals surface area contributed by atoms with Crippen molar-refractivity contribution in [3.63, 3.8) is 0 Å². The van der Waals surface area contributed by atoms with Crippen LogP contribution in [0, 0.1) is 0 Å². The molecule has 3 nitrogen and oxygen atoms in total. The highest BCUT2D eigenvalue weighted by Crippen LogP contribution is 2.12. The van der Waals surface area contributed by atoms with Gasteiger partial charge in [0.1, 0.15) is 0 Å². The number of benzene rings is 1. The van der Waals surface area contributed by atoms with Crippen molar-refractivity contribution in [2.45, 2.75) is 13.0 Å². The van der Waals surface area contributed by atoms with Gasteiger partial charge in [0, 0.05) is 20.3 Å². The minimum absolute atomic E-state index is 0.511. The summed E-state index contributed by atoms with van der Waals surface area (Å²) in [6, 6.07) is 10.9. The maximum atomic E-state index is 5.71. The van der Waals surface area contributed by atoms with Gasteiger partial charge >= 0.3 is 8.80 Å². The van der Waals surface area contributed by atoms with E-state index in [1.54, 1.807) is 14.2 Å². The Balaban J connectivity index is 2.44. The quantitative estimate of drug-likeness (QED) is 0.698. The molecule has 0 amide bonds. The van der Waals surface area contributed by atoms with Gasteiger partial charge in [-0.1, -0.05) is 49.4 Å². The summed E-state index contributed by atoms with van der Waals surface area (Å²) in [5.41, 5.74) is 1.16. The second kappa shape index (κ2) is 7.40. The van der Waals surface area contributed by atoms with Crippen molar-refractivity contribution in [2.75, 3.05) is 20.8 Å². The zero-order valence-corrected chi connectivity index (χ0v) is 11.7. The first-order valence-electron chi connectivity index (χ1n) is 5.72. The Hall–Kier alpha value is -0.943. The molecule has 0 fully saturated rings. The van der Waals surface area contributed by atoms with Gasteiger partial charge in [-0.3, -0.25) is 0 Å². The molecule has 0 saturated carbocycles. The van der Waals surface area contributed by atoms with Crippen LogP contribution in [0.4, 0.5) is 0 Å². The molecule has 0 N–H and O–H groups in total. The predicted octanol–water partition coefficient (Wildman–Crippen LogP) is 2.97. The standard InChI is InChI=1S/C13H20O3Si/c1-4-17(14-2,15-3)16-12-8-11-13-9-6-5-7-10-13/h5-11H,4,12H2,1-3H3/b11-8+. The molecule has 17 heavy (non-hydrogen) atoms. The van der Waals surface area contributed by atoms with Gasteiger partial charge in [-0.25, -0.2) is 0 Å². The van der Waals surface area contributed by atoms with E-state index in [9.17, 15) is 0 Å². The largest absolute Gasteiger partial charge is 0.500 e. The molecular weight excluding hydrogens is 232 g/mol. The van der Waals surface area contributed by atoms with E-state index in [0.717, 1.165) is 11.6 Å². The zero-order chi connectivity index (χ0) is 12.6. The number of rotatable bonds is 7. The third-order valence-electron chi connectivity index (χ3n) is 2.56. The van der Waals surface area contributed by atoms with Gasteiger partial charge in [0.15, 0.2) is 0 Å². The Morgan fingerprint density at radius 2 is 1.76 bits per heavy atom. The highest BCUT2D eigenvalue weighted by Gasteiger charge is 2.36. The fraction of sp³-hybridized carbons (Fsp3) is 0.385. The molecule has 1 aromatic carbocycles. The minimum Gasteiger partial charge on any atom is -0.377 e. The molecule has 0 bridgehead atoms. The third-order valence-corrected chi connectivity index (χ3v) is 5.28. The Morgan fingerprint density at radius 1 is 1.12 bits per heavy atom. The molecule has 0 aliphatic heterocycles. The minimum atomic E-state index is -2.41. The third kappa shape index (κ3) is 4.44. The highest BCUT2D eigenvalue weighted by molar-refractivity contribution is 6.60. The first-order valence-corrected chi connectivity index (χ1v) is 7.65. The summed E-state index contributed by atoms with van der Waals surface area (Å²) < 4.78 is 16.4. The van der Waals surface area contributed by atoms with E-state index >= 15 is 0 Å². The van der Waals surface area contributed by atoms with Crippen LogP contribution >= 0.6 is 0 Å². The van der Waals surface area contributed by atoms with Gasteiger partial charge in [0.2, 0.25) is 0 Å². The van der Waals surface area contributed by atoms with E-state index in [0.29, 0.717) is 6.61 Å². The van der Waals surface area contributed by atoms with Crippen LogP contribution in [0.25, 0.3) is 6.08 Å². The summed E-state index contributed by atoms with van der Waals surface area (Å²) in [5, 5.41) is 0. The van der Waals surface area contributed by atoms with Crippen LogP contribution in [0.1, 0.15) is 12.5 Å². The van der Waals surface area contributed by atoms with E-state index < -0.39 is 8.80 Å². The fourth-order valence-corrected chi connectivity index (χ4v) is 3.05. The van der Waals surface area contributed by atoms with Gasteiger partial charge in [0.25, 0.3) is 0 Å². The van der Waals surface area contributed by atoms with E-state index in [-0.39, 0.29) is 0 Å². The van der Waals surface area contributed by atoms with Crippen molar-refractivity contribution in [3.8, 4) is 0 Å². The highest BCUT2D eigenvalue weighted by atomic mass is 28.4. The summed E-state index contributed by atoms with van der Waals surface area (Å²) in [5.74, 6) is 0. The van der Waals surface area contributed by atoms with Crippen LogP contribution in [-0.4, -0.2) is 29.6 Å². The lowest BCUT2D eigenvalue weighted by Gasteiger charge is -2.24. The van der Waals surface area contributed by atoms with Crippen LogP contribution < -0.4 is 0 Å². The molecule has 0 spiro atoms. The molecular formula is C13H20O3Si. The van der Waals surface area contributed by atoms with Gasteiger partial charge in [-0.2, -0.15) is 0 Å². The molecule has 0 radical (unpaired) electrons. The zero-order valence-electron chi connectivity index (χ0n) is 10.7. The molecule has 0 saturated heterocycles. The molecule has 4 heteroatoms. The van der Waals surface area contributed by atoms with Crippen LogP contribution in [-0.2, 0) is 13.3 Å². The topological polar surface area (TPSA) is 27.7 Å². The second-order valence-corrected chi connectivity index (χ2v) is 6.75. The Kier molecular flexibility index (Phi) is 6.14. The van der Waals surface area contributed by atoms with Gasteiger partial charge in [0.05, 0.1) is 6.61 Å². The first-order chi connectivity index (χ1) is 8.26. The predicted molar refractivity (Wildman–Crippen MR) is 71.7 cm³/mol. The van der Waals surface area contributed by atoms with Crippen LogP contribution in [0.15, 0.2) is 36.4 Å². The maximum Gasteiger partial charge on any atom is 0.500 e. The number of hydrogen-bond donors (Lipinski definition) is 0. The van der Waals surface area contributed by atoms with Gasteiger partial charge in [-0.05, 0) is 5.56 Å². The molecule has 0 unspecified atom stereocenters. The van der Waals surface area contributed by atoms with Crippen molar-refractivity contribution in [3.05, 3.63) is 42.0 Å². The van der Waals surface area contributed by atoms with Gasteiger partial charge < -0.3 is 13.3 Å². The summed E-state index contributed by atoms with van der Waals surface area (Å²) in [6.45, 7) is 2.52. The van der Waals surface area contributed by atoms with Crippen molar-refractivity contribution < 1.29 is 13.3 Å². The summed E-state index contributed by atoms with van der Waals surface area (Å²) in [4.78, 5) is 0. The number of hydrogen-bond acceptors (Lipinski definition) is 3. The Labute approximate surface area is 104 Å². The average Bonchev–Trinajstić information content (AvgIpc) is 2.41. The first kappa shape index (κ1) is 14.1. The van der Waals surface area contributed by atoms with Crippen molar-refractivity contribution in [1.29, 1.82) is 0 Å².